The molecule has 20 heteroatoms. The summed E-state index contributed by atoms with van der Waals surface area (Å²) in [5, 5.41) is 24.2. The number of aryl methyl sites for hydroxylation is 4. The largest absolute Gasteiger partial charge is 0.478 e. The number of aromatic nitrogens is 4. The third-order valence-electron chi connectivity index (χ3n) is 14.5. The number of fused-ring (bicyclic) bond motifs is 2. The minimum Gasteiger partial charge on any atom is -0.478 e. The number of nitrogens with one attached hydrogen (secondary N) is 5. The van der Waals surface area contributed by atoms with Gasteiger partial charge >= 0.3 is 18.3 Å². The molecule has 3 fully saturated rings. The molecule has 0 bridgehead atoms. The first-order chi connectivity index (χ1) is 38.5. The first kappa shape index (κ1) is 55.6. The zero-order chi connectivity index (χ0) is 57.5. The van der Waals surface area contributed by atoms with Gasteiger partial charge in [-0.15, -0.1) is 0 Å². The molecule has 3 aliphatic rings. The van der Waals surface area contributed by atoms with E-state index in [4.69, 9.17) is 0 Å². The van der Waals surface area contributed by atoms with Crippen molar-refractivity contribution in [1.29, 1.82) is 0 Å². The molecule has 3 saturated carbocycles. The Morgan fingerprint density at radius 1 is 0.481 bits per heavy atom. The fraction of sp³-hybridized carbons (Fsp3) is 0.311. The smallest absolute Gasteiger partial charge is 0.390 e. The summed E-state index contributed by atoms with van der Waals surface area (Å²) in [4.78, 5) is 58.4. The molecule has 8 aromatic rings. The summed E-state index contributed by atoms with van der Waals surface area (Å²) in [5.74, 6) is -1.35. The Morgan fingerprint density at radius 2 is 0.827 bits per heavy atom. The molecule has 2 aromatic heterocycles. The van der Waals surface area contributed by atoms with E-state index in [1.807, 2.05) is 78.4 Å². The second kappa shape index (κ2) is 22.5. The van der Waals surface area contributed by atoms with Crippen molar-refractivity contribution in [1.82, 2.24) is 35.1 Å². The molecule has 0 radical (unpaired) electrons. The number of benzene rings is 6. The standard InChI is InChI=1S/C32H32F3N5O2.C29H27F3N4O3/c1-18-13-20(3-9-25(18)30(41)38-22-4-5-22)21-15-27(36-12-11-32(33,34)35)29-28(16-21)40(17-37-29)24-8-10-26(19(2)14-24)31(42)39-23-6-7-23;1-16-11-18(3-7-23(16)28(38)39)19-13-24(33-10-9-29(30,31)32)26-25(14-19)36(15-34-26)21-6-8-22(17(2)12-21)27(37)35-20-4-5-20/h3,8-10,13-17,22-23,36H,4-7,11-12H2,1-2H3,(H,38,41)(H,39,42);3,6-8,11-15,20,33H,4-5,9-10H2,1-2H3,(H,35,37)(H,38,39). The lowest BCUT2D eigenvalue weighted by molar-refractivity contribution is -0.132. The van der Waals surface area contributed by atoms with Gasteiger partial charge in [0.1, 0.15) is 23.7 Å². The Bertz CT molecular complexity index is 3760. The molecule has 0 atom stereocenters. The lowest BCUT2D eigenvalue weighted by Gasteiger charge is -2.14. The number of rotatable bonds is 17. The number of nitrogens with zero attached hydrogens (tertiary/aromatic N) is 4. The van der Waals surface area contributed by atoms with E-state index in [1.54, 1.807) is 62.0 Å². The summed E-state index contributed by atoms with van der Waals surface area (Å²) < 4.78 is 81.1. The van der Waals surface area contributed by atoms with Crippen LogP contribution in [0.4, 0.5) is 37.7 Å². The van der Waals surface area contributed by atoms with Crippen molar-refractivity contribution in [3.63, 3.8) is 0 Å². The minimum atomic E-state index is -4.31. The third-order valence-corrected chi connectivity index (χ3v) is 14.5. The molecule has 14 nitrogen and oxygen atoms in total. The second-order valence-corrected chi connectivity index (χ2v) is 21.2. The van der Waals surface area contributed by atoms with Gasteiger partial charge in [0.05, 0.1) is 40.8 Å². The number of carbonyl (C=O) groups excluding carboxylic acids is 3. The quantitative estimate of drug-likeness (QED) is 0.0483. The van der Waals surface area contributed by atoms with Gasteiger partial charge in [-0.3, -0.25) is 23.5 Å². The van der Waals surface area contributed by atoms with E-state index in [1.165, 1.54) is 6.07 Å². The zero-order valence-corrected chi connectivity index (χ0v) is 44.8. The monoisotopic (exact) mass is 1110 g/mol. The number of halogens is 6. The Hall–Kier alpha value is -8.68. The van der Waals surface area contributed by atoms with Crippen molar-refractivity contribution in [2.75, 3.05) is 23.7 Å². The van der Waals surface area contributed by atoms with Crippen molar-refractivity contribution < 1.29 is 50.6 Å². The van der Waals surface area contributed by atoms with Gasteiger partial charge in [0.25, 0.3) is 17.7 Å². The molecule has 2 heterocycles. The first-order valence-electron chi connectivity index (χ1n) is 26.8. The zero-order valence-electron chi connectivity index (χ0n) is 44.8. The summed E-state index contributed by atoms with van der Waals surface area (Å²) in [6.45, 7) is 6.69. The van der Waals surface area contributed by atoms with Crippen LogP contribution in [0.2, 0.25) is 0 Å². The number of hydrogen-bond acceptors (Lipinski definition) is 8. The number of aromatic carboxylic acids is 1. The van der Waals surface area contributed by atoms with E-state index < -0.39 is 31.2 Å². The van der Waals surface area contributed by atoms with E-state index in [-0.39, 0.29) is 54.5 Å². The van der Waals surface area contributed by atoms with Crippen LogP contribution in [0.25, 0.3) is 55.7 Å². The van der Waals surface area contributed by atoms with Crippen molar-refractivity contribution in [2.45, 2.75) is 110 Å². The van der Waals surface area contributed by atoms with Crippen LogP contribution in [0.3, 0.4) is 0 Å². The predicted octanol–water partition coefficient (Wildman–Crippen LogP) is 12.7. The average Bonchev–Trinajstić information content (AvgIpc) is 4.49. The van der Waals surface area contributed by atoms with E-state index >= 15 is 0 Å². The maximum Gasteiger partial charge on any atom is 0.390 e. The summed E-state index contributed by atoms with van der Waals surface area (Å²) in [6, 6.07) is 29.5. The Balaban J connectivity index is 0.000000182. The van der Waals surface area contributed by atoms with E-state index in [2.05, 4.69) is 36.6 Å². The van der Waals surface area contributed by atoms with E-state index in [0.29, 0.717) is 66.8 Å². The molecule has 0 saturated heterocycles. The summed E-state index contributed by atoms with van der Waals surface area (Å²) in [5.41, 5.74) is 12.7. The van der Waals surface area contributed by atoms with E-state index in [0.717, 1.165) is 77.7 Å². The van der Waals surface area contributed by atoms with Crippen molar-refractivity contribution >= 4 is 57.1 Å². The number of carboxylic acid groups (broad SMARTS) is 1. The van der Waals surface area contributed by atoms with Gasteiger partial charge in [0.2, 0.25) is 0 Å². The van der Waals surface area contributed by atoms with Crippen LogP contribution in [0.5, 0.6) is 0 Å². The molecular weight excluding hydrogens is 1050 g/mol. The van der Waals surface area contributed by atoms with Crippen LogP contribution in [0.1, 0.15) is 115 Å². The van der Waals surface area contributed by atoms with Crippen LogP contribution in [-0.4, -0.2) is 91.5 Å². The molecular formula is C61H59F6N9O5. The van der Waals surface area contributed by atoms with Crippen molar-refractivity contribution in [2.24, 2.45) is 0 Å². The highest BCUT2D eigenvalue weighted by Crippen LogP contribution is 2.36. The molecule has 81 heavy (non-hydrogen) atoms. The number of hydrogen-bond donors (Lipinski definition) is 6. The molecule has 0 spiro atoms. The highest BCUT2D eigenvalue weighted by molar-refractivity contribution is 6.00. The first-order valence-corrected chi connectivity index (χ1v) is 26.8. The number of anilines is 2. The third kappa shape index (κ3) is 13.3. The number of alkyl halides is 6. The summed E-state index contributed by atoms with van der Waals surface area (Å²) >= 11 is 0. The molecule has 420 valence electrons. The summed E-state index contributed by atoms with van der Waals surface area (Å²) in [6.07, 6.45) is -1.37. The Labute approximate surface area is 462 Å². The number of imidazole rings is 2. The van der Waals surface area contributed by atoms with Crippen LogP contribution in [0, 0.1) is 27.7 Å². The van der Waals surface area contributed by atoms with Crippen LogP contribution < -0.4 is 26.6 Å². The van der Waals surface area contributed by atoms with Gasteiger partial charge in [-0.25, -0.2) is 14.8 Å². The van der Waals surface area contributed by atoms with Crippen LogP contribution in [-0.2, 0) is 0 Å². The molecule has 11 rings (SSSR count). The van der Waals surface area contributed by atoms with Gasteiger partial charge in [-0.2, -0.15) is 26.3 Å². The highest BCUT2D eigenvalue weighted by Gasteiger charge is 2.30. The normalized spacial score (nSPS) is 14.3. The SMILES string of the molecule is Cc1cc(-c2cc(NCCC(F)(F)F)c3ncn(-c4ccc(C(=O)NC5CC5)c(C)c4)c3c2)ccc1C(=O)NC1CC1.Cc1cc(-c2cc(NCCC(F)(F)F)c3ncn(-c4ccc(C(=O)NC5CC5)c(C)c4)c3c2)ccc1C(=O)O. The van der Waals surface area contributed by atoms with Crippen LogP contribution in [0.15, 0.2) is 110 Å². The topological polar surface area (TPSA) is 184 Å². The van der Waals surface area contributed by atoms with Gasteiger partial charge in [-0.1, -0.05) is 24.3 Å². The molecule has 6 N–H and O–H groups in total. The molecule has 3 aliphatic carbocycles. The molecule has 6 aromatic carbocycles. The maximum absolute atomic E-state index is 13.0. The second-order valence-electron chi connectivity index (χ2n) is 21.2. The lowest BCUT2D eigenvalue weighted by atomic mass is 9.98. The average molecular weight is 1110 g/mol. The fourth-order valence-corrected chi connectivity index (χ4v) is 9.68. The highest BCUT2D eigenvalue weighted by atomic mass is 19.4. The molecule has 0 unspecified atom stereocenters. The Morgan fingerprint density at radius 3 is 1.15 bits per heavy atom. The van der Waals surface area contributed by atoms with Gasteiger partial charge < -0.3 is 31.7 Å². The van der Waals surface area contributed by atoms with Gasteiger partial charge in [0, 0.05) is 59.3 Å². The predicted molar refractivity (Wildman–Crippen MR) is 299 cm³/mol. The van der Waals surface area contributed by atoms with Crippen LogP contribution >= 0.6 is 0 Å². The molecule has 0 aliphatic heterocycles. The number of carboxylic acids is 1. The van der Waals surface area contributed by atoms with Gasteiger partial charge in [0.15, 0.2) is 0 Å². The van der Waals surface area contributed by atoms with E-state index in [9.17, 15) is 50.6 Å². The minimum absolute atomic E-state index is 0.0971. The lowest BCUT2D eigenvalue weighted by Crippen LogP contribution is -2.26. The van der Waals surface area contributed by atoms with Crippen molar-refractivity contribution in [3.8, 4) is 33.6 Å². The fourth-order valence-electron chi connectivity index (χ4n) is 9.68. The maximum atomic E-state index is 13.0. The Kier molecular flexibility index (Phi) is 15.4. The van der Waals surface area contributed by atoms with Crippen molar-refractivity contribution in [3.05, 3.63) is 154 Å². The number of amides is 3. The summed E-state index contributed by atoms with van der Waals surface area (Å²) in [7, 11) is 0. The number of carbonyl (C=O) groups is 4. The molecule has 3 amide bonds. The van der Waals surface area contributed by atoms with Gasteiger partial charge in [-0.05, 0) is 184 Å².